The standard InChI is InChI=1S/C29H30F3N7O2S/c1-16-14-39(15-17(2)37(16)3)25-10-23(30)20(18-4-6-38(7-5-18)29-35-12-19(11-33)42-29)8-24(25)36-28(41)22-13-34-26(40)9-21(22)27(31)32/h4,8-10,12-13,16-17,27H,5-7,14-15H2,1-3H3,(H,34,40)(H,36,41)/t16-,17+. The SMILES string of the molecule is C[C@@H]1CN(c2cc(F)c(C3=CCN(c4ncc(C#N)s4)CC3)cc2NC(=O)c2c[nH]c(=O)cc2C(F)F)C[C@H](C)N1C. The van der Waals surface area contributed by atoms with Crippen LogP contribution in [0.4, 0.5) is 29.7 Å². The van der Waals surface area contributed by atoms with Crippen molar-refractivity contribution in [3.05, 3.63) is 74.4 Å². The number of nitriles is 1. The summed E-state index contributed by atoms with van der Waals surface area (Å²) in [6.07, 6.45) is 1.83. The van der Waals surface area contributed by atoms with E-state index in [2.05, 4.69) is 40.1 Å². The number of nitrogens with zero attached hydrogens (tertiary/aromatic N) is 5. The van der Waals surface area contributed by atoms with E-state index >= 15 is 4.39 Å². The number of aromatic nitrogens is 2. The summed E-state index contributed by atoms with van der Waals surface area (Å²) in [7, 11) is 2.02. The van der Waals surface area contributed by atoms with Crippen molar-refractivity contribution >= 4 is 39.3 Å². The minimum Gasteiger partial charge on any atom is -0.367 e. The van der Waals surface area contributed by atoms with Crippen LogP contribution in [-0.2, 0) is 0 Å². The lowest BCUT2D eigenvalue weighted by atomic mass is 9.97. The fraction of sp³-hybridized carbons (Fsp3) is 0.379. The zero-order valence-corrected chi connectivity index (χ0v) is 24.1. The van der Waals surface area contributed by atoms with Gasteiger partial charge in [-0.2, -0.15) is 5.26 Å². The molecule has 2 atom stereocenters. The predicted molar refractivity (Wildman–Crippen MR) is 157 cm³/mol. The Bertz CT molecular complexity index is 1620. The first-order valence-electron chi connectivity index (χ1n) is 13.5. The lowest BCUT2D eigenvalue weighted by Gasteiger charge is -2.44. The molecule has 42 heavy (non-hydrogen) atoms. The Kier molecular flexibility index (Phi) is 8.38. The third-order valence-corrected chi connectivity index (χ3v) is 8.86. The maximum Gasteiger partial charge on any atom is 0.264 e. The van der Waals surface area contributed by atoms with Crippen molar-refractivity contribution in [1.29, 1.82) is 5.26 Å². The molecule has 2 N–H and O–H groups in total. The van der Waals surface area contributed by atoms with Crippen molar-refractivity contribution in [2.24, 2.45) is 0 Å². The number of H-pyrrole nitrogens is 1. The number of nitrogens with one attached hydrogen (secondary N) is 2. The van der Waals surface area contributed by atoms with Crippen LogP contribution in [0.3, 0.4) is 0 Å². The van der Waals surface area contributed by atoms with Crippen LogP contribution in [-0.4, -0.2) is 66.1 Å². The number of aromatic amines is 1. The van der Waals surface area contributed by atoms with E-state index in [-0.39, 0.29) is 23.3 Å². The number of amides is 1. The van der Waals surface area contributed by atoms with Gasteiger partial charge in [-0.05, 0) is 45.0 Å². The number of halogens is 3. The normalized spacial score (nSPS) is 19.5. The van der Waals surface area contributed by atoms with E-state index in [1.54, 1.807) is 6.07 Å². The highest BCUT2D eigenvalue weighted by molar-refractivity contribution is 7.16. The topological polar surface area (TPSA) is 108 Å². The number of thiazole rings is 1. The molecule has 1 amide bonds. The Hall–Kier alpha value is -4.15. The molecule has 2 aromatic heterocycles. The summed E-state index contributed by atoms with van der Waals surface area (Å²) in [4.78, 5) is 38.3. The average Bonchev–Trinajstić information content (AvgIpc) is 3.46. The second kappa shape index (κ2) is 12.0. The Labute approximate surface area is 244 Å². The van der Waals surface area contributed by atoms with Crippen LogP contribution in [0.25, 0.3) is 5.57 Å². The van der Waals surface area contributed by atoms with Crippen LogP contribution in [0, 0.1) is 17.1 Å². The summed E-state index contributed by atoms with van der Waals surface area (Å²) in [6.45, 7) is 6.26. The number of carbonyl (C=O) groups is 1. The molecular formula is C29H30F3N7O2S. The van der Waals surface area contributed by atoms with Crippen molar-refractivity contribution in [3.63, 3.8) is 0 Å². The first kappa shape index (κ1) is 29.3. The van der Waals surface area contributed by atoms with Gasteiger partial charge in [0.25, 0.3) is 12.3 Å². The maximum atomic E-state index is 15.8. The zero-order valence-electron chi connectivity index (χ0n) is 23.3. The summed E-state index contributed by atoms with van der Waals surface area (Å²) < 4.78 is 43.2. The van der Waals surface area contributed by atoms with Crippen LogP contribution >= 0.6 is 11.3 Å². The van der Waals surface area contributed by atoms with Gasteiger partial charge in [0, 0.05) is 61.7 Å². The van der Waals surface area contributed by atoms with Gasteiger partial charge >= 0.3 is 0 Å². The fourth-order valence-corrected chi connectivity index (χ4v) is 6.12. The monoisotopic (exact) mass is 597 g/mol. The van der Waals surface area contributed by atoms with E-state index < -0.39 is 29.3 Å². The molecule has 5 rings (SSSR count). The summed E-state index contributed by atoms with van der Waals surface area (Å²) >= 11 is 1.29. The minimum absolute atomic E-state index is 0.143. The molecule has 1 fully saturated rings. The van der Waals surface area contributed by atoms with Crippen molar-refractivity contribution in [2.75, 3.05) is 48.3 Å². The molecule has 1 aromatic carbocycles. The number of anilines is 3. The number of alkyl halides is 2. The number of hydrogen-bond acceptors (Lipinski definition) is 8. The number of rotatable bonds is 6. The molecule has 4 heterocycles. The highest BCUT2D eigenvalue weighted by atomic mass is 32.1. The van der Waals surface area contributed by atoms with Gasteiger partial charge in [0.05, 0.1) is 23.1 Å². The molecule has 2 aliphatic rings. The number of piperazine rings is 1. The van der Waals surface area contributed by atoms with Gasteiger partial charge in [0.1, 0.15) is 16.8 Å². The fourth-order valence-electron chi connectivity index (χ4n) is 5.38. The number of pyridine rings is 1. The molecule has 1 saturated heterocycles. The number of likely N-dealkylation sites (N-methyl/N-ethyl adjacent to an activating group) is 1. The zero-order chi connectivity index (χ0) is 30.1. The molecule has 0 bridgehead atoms. The third-order valence-electron chi connectivity index (χ3n) is 7.90. The Morgan fingerprint density at radius 2 is 1.95 bits per heavy atom. The highest BCUT2D eigenvalue weighted by Crippen LogP contribution is 2.37. The van der Waals surface area contributed by atoms with Crippen molar-refractivity contribution < 1.29 is 18.0 Å². The van der Waals surface area contributed by atoms with Crippen LogP contribution in [0.2, 0.25) is 0 Å². The van der Waals surface area contributed by atoms with Gasteiger partial charge in [-0.25, -0.2) is 18.2 Å². The van der Waals surface area contributed by atoms with Gasteiger partial charge in [-0.3, -0.25) is 14.5 Å². The third kappa shape index (κ3) is 5.91. The minimum atomic E-state index is -3.03. The lowest BCUT2D eigenvalue weighted by Crippen LogP contribution is -2.55. The second-order valence-electron chi connectivity index (χ2n) is 10.6. The molecule has 0 spiro atoms. The average molecular weight is 598 g/mol. The van der Waals surface area contributed by atoms with Crippen LogP contribution < -0.4 is 20.7 Å². The molecule has 13 heteroatoms. The van der Waals surface area contributed by atoms with Gasteiger partial charge in [-0.1, -0.05) is 17.4 Å². The molecule has 0 unspecified atom stereocenters. The van der Waals surface area contributed by atoms with Gasteiger partial charge in [0.2, 0.25) is 5.56 Å². The second-order valence-corrected chi connectivity index (χ2v) is 11.6. The molecular weight excluding hydrogens is 567 g/mol. The maximum absolute atomic E-state index is 15.8. The van der Waals surface area contributed by atoms with Gasteiger partial charge in [-0.15, -0.1) is 0 Å². The molecule has 0 aliphatic carbocycles. The lowest BCUT2D eigenvalue weighted by molar-refractivity contribution is 0.101. The van der Waals surface area contributed by atoms with E-state index in [1.807, 2.05) is 22.9 Å². The summed E-state index contributed by atoms with van der Waals surface area (Å²) in [5.41, 5.74) is -0.0190. The molecule has 0 radical (unpaired) electrons. The highest BCUT2D eigenvalue weighted by Gasteiger charge is 2.30. The predicted octanol–water partition coefficient (Wildman–Crippen LogP) is 4.85. The van der Waals surface area contributed by atoms with E-state index in [1.165, 1.54) is 23.6 Å². The molecule has 3 aromatic rings. The van der Waals surface area contributed by atoms with Gasteiger partial charge in [0.15, 0.2) is 5.13 Å². The number of hydrogen-bond donors (Lipinski definition) is 2. The van der Waals surface area contributed by atoms with E-state index in [0.717, 1.165) is 11.8 Å². The van der Waals surface area contributed by atoms with Crippen LogP contribution in [0.15, 0.2) is 41.5 Å². The summed E-state index contributed by atoms with van der Waals surface area (Å²) in [6, 6.07) is 6.02. The molecule has 9 nitrogen and oxygen atoms in total. The number of carbonyl (C=O) groups excluding carboxylic acids is 1. The largest absolute Gasteiger partial charge is 0.367 e. The van der Waals surface area contributed by atoms with Crippen LogP contribution in [0.1, 0.15) is 53.1 Å². The van der Waals surface area contributed by atoms with E-state index in [0.29, 0.717) is 59.9 Å². The summed E-state index contributed by atoms with van der Waals surface area (Å²) in [5.74, 6) is -1.29. The first-order valence-corrected chi connectivity index (χ1v) is 14.3. The first-order chi connectivity index (χ1) is 20.0. The summed E-state index contributed by atoms with van der Waals surface area (Å²) in [5, 5.41) is 12.5. The Morgan fingerprint density at radius 3 is 2.57 bits per heavy atom. The van der Waals surface area contributed by atoms with Crippen molar-refractivity contribution in [1.82, 2.24) is 14.9 Å². The quantitative estimate of drug-likeness (QED) is 0.418. The molecule has 220 valence electrons. The van der Waals surface area contributed by atoms with Gasteiger partial charge < -0.3 is 20.1 Å². The van der Waals surface area contributed by atoms with Crippen molar-refractivity contribution in [2.45, 2.75) is 38.8 Å². The molecule has 2 aliphatic heterocycles. The molecule has 0 saturated carbocycles. The van der Waals surface area contributed by atoms with E-state index in [4.69, 9.17) is 5.26 Å². The van der Waals surface area contributed by atoms with Crippen LogP contribution in [0.5, 0.6) is 0 Å². The van der Waals surface area contributed by atoms with Crippen molar-refractivity contribution in [3.8, 4) is 6.07 Å². The smallest absolute Gasteiger partial charge is 0.264 e. The Balaban J connectivity index is 1.51. The number of benzene rings is 1. The Morgan fingerprint density at radius 1 is 1.21 bits per heavy atom. The van der Waals surface area contributed by atoms with E-state index in [9.17, 15) is 18.4 Å².